The Morgan fingerprint density at radius 2 is 1.65 bits per heavy atom. The molecule has 0 aliphatic rings. The number of aromatic amines is 1. The summed E-state index contributed by atoms with van der Waals surface area (Å²) in [6.07, 6.45) is 14.6. The molecule has 3 aromatic rings. The van der Waals surface area contributed by atoms with Crippen LogP contribution in [0.4, 0.5) is 5.69 Å². The average molecular weight is 503 g/mol. The van der Waals surface area contributed by atoms with E-state index in [1.807, 2.05) is 49.5 Å². The molecule has 37 heavy (non-hydrogen) atoms. The monoisotopic (exact) mass is 502 g/mol. The number of hydrogen-bond donors (Lipinski definition) is 5. The van der Waals surface area contributed by atoms with E-state index in [0.717, 1.165) is 29.2 Å². The number of aromatic nitrogens is 2. The first-order valence-electron chi connectivity index (χ1n) is 11.7. The van der Waals surface area contributed by atoms with E-state index in [1.165, 1.54) is 12.5 Å². The second-order valence-corrected chi connectivity index (χ2v) is 7.51. The van der Waals surface area contributed by atoms with Gasteiger partial charge in [0.2, 0.25) is 5.91 Å². The fourth-order valence-corrected chi connectivity index (χ4v) is 2.49. The maximum absolute atomic E-state index is 9.22. The Hall–Kier alpha value is -4.57. The van der Waals surface area contributed by atoms with Gasteiger partial charge in [0.25, 0.3) is 0 Å². The number of hydrogen-bond acceptors (Lipinski definition) is 4. The van der Waals surface area contributed by atoms with Gasteiger partial charge in [-0.2, -0.15) is 0 Å². The van der Waals surface area contributed by atoms with Gasteiger partial charge < -0.3 is 21.8 Å². The van der Waals surface area contributed by atoms with Gasteiger partial charge in [-0.05, 0) is 43.2 Å². The lowest BCUT2D eigenvalue weighted by molar-refractivity contribution is -0.115. The zero-order valence-corrected chi connectivity index (χ0v) is 22.5. The molecule has 0 saturated heterocycles. The quantitative estimate of drug-likeness (QED) is 0.121. The molecule has 7 heteroatoms. The van der Waals surface area contributed by atoms with Crippen molar-refractivity contribution in [2.45, 2.75) is 46.6 Å². The van der Waals surface area contributed by atoms with E-state index in [2.05, 4.69) is 85.1 Å². The highest BCUT2D eigenvalue weighted by atomic mass is 16.1. The first-order valence-corrected chi connectivity index (χ1v) is 11.7. The Morgan fingerprint density at radius 3 is 2.05 bits per heavy atom. The number of rotatable bonds is 7. The highest BCUT2D eigenvalue weighted by Crippen LogP contribution is 2.14. The molecule has 7 nitrogen and oxygen atoms in total. The number of nitrogen functional groups attached to an aromatic ring is 1. The van der Waals surface area contributed by atoms with Crippen molar-refractivity contribution in [3.8, 4) is 12.8 Å². The molecule has 2 aromatic carbocycles. The third kappa shape index (κ3) is 17.5. The summed E-state index contributed by atoms with van der Waals surface area (Å²) < 4.78 is 0. The van der Waals surface area contributed by atoms with Gasteiger partial charge in [-0.25, -0.2) is 4.98 Å². The summed E-state index contributed by atoms with van der Waals surface area (Å²) >= 11 is 0. The molecule has 0 aliphatic heterocycles. The number of nitrogens with one attached hydrogen (secondary N) is 3. The number of imidazole rings is 1. The molecule has 3 rings (SSSR count). The van der Waals surface area contributed by atoms with E-state index in [0.29, 0.717) is 6.54 Å². The number of carbonyl (C=O) groups excluding carboxylic acids is 1. The molecule has 7 N–H and O–H groups in total. The second-order valence-electron chi connectivity index (χ2n) is 7.51. The Morgan fingerprint density at radius 1 is 1.14 bits per heavy atom. The minimum atomic E-state index is -0.333. The van der Waals surface area contributed by atoms with E-state index in [4.69, 9.17) is 11.1 Å². The Bertz CT molecular complexity index is 1050. The third-order valence-corrected chi connectivity index (χ3v) is 4.40. The molecule has 0 saturated carbocycles. The fraction of sp³-hybridized carbons (Fsp3) is 0.233. The molecular weight excluding hydrogens is 460 g/mol. The van der Waals surface area contributed by atoms with E-state index in [9.17, 15) is 4.79 Å². The van der Waals surface area contributed by atoms with Gasteiger partial charge in [-0.3, -0.25) is 10.2 Å². The van der Waals surface area contributed by atoms with Crippen LogP contribution < -0.4 is 16.8 Å². The summed E-state index contributed by atoms with van der Waals surface area (Å²) in [5.74, 6) is 0.890. The normalized spacial score (nSPS) is 9.46. The minimum absolute atomic E-state index is 0.0747. The van der Waals surface area contributed by atoms with Gasteiger partial charge in [0.1, 0.15) is 11.7 Å². The first kappa shape index (κ1) is 34.6. The number of terminal acetylenes is 1. The van der Waals surface area contributed by atoms with Crippen LogP contribution in [0.1, 0.15) is 56.3 Å². The smallest absolute Gasteiger partial charge is 0.214 e. The van der Waals surface area contributed by atoms with Crippen LogP contribution in [0.2, 0.25) is 0 Å². The van der Waals surface area contributed by atoms with Crippen LogP contribution in [0, 0.1) is 18.3 Å². The average Bonchev–Trinajstić information content (AvgIpc) is 3.38. The van der Waals surface area contributed by atoms with Gasteiger partial charge in [-0.15, -0.1) is 26.0 Å². The van der Waals surface area contributed by atoms with E-state index in [-0.39, 0.29) is 17.7 Å². The van der Waals surface area contributed by atoms with Gasteiger partial charge in [0, 0.05) is 36.0 Å². The van der Waals surface area contributed by atoms with Crippen molar-refractivity contribution < 1.29 is 4.79 Å². The highest BCUT2D eigenvalue weighted by Gasteiger charge is 2.05. The third-order valence-electron chi connectivity index (χ3n) is 4.40. The summed E-state index contributed by atoms with van der Waals surface area (Å²) in [5, 5.41) is 10.6. The molecule has 1 unspecified atom stereocenters. The molecule has 1 heterocycles. The lowest BCUT2D eigenvalue weighted by atomic mass is 10.1. The van der Waals surface area contributed by atoms with Crippen LogP contribution in [0.3, 0.4) is 0 Å². The molecule has 198 valence electrons. The topological polar surface area (TPSA) is 134 Å². The molecule has 0 fully saturated rings. The summed E-state index contributed by atoms with van der Waals surface area (Å²) in [5.41, 5.74) is 14.0. The minimum Gasteiger partial charge on any atom is -0.384 e. The lowest BCUT2D eigenvalue weighted by Crippen LogP contribution is -2.10. The van der Waals surface area contributed by atoms with E-state index >= 15 is 0 Å². The molecule has 1 atom stereocenters. The SMILES string of the molecule is C#C.C=CC.C=CC(C)c1cnc(CNc2ccc(C(=N)N)cc2)[nH]1.CC(N)=O.CCc1ccccc1. The molecule has 0 bridgehead atoms. The number of amides is 1. The zero-order valence-electron chi connectivity index (χ0n) is 22.5. The summed E-state index contributed by atoms with van der Waals surface area (Å²) in [6, 6.07) is 17.9. The van der Waals surface area contributed by atoms with Crippen LogP contribution in [0.5, 0.6) is 0 Å². The number of H-pyrrole nitrogens is 1. The molecule has 0 spiro atoms. The largest absolute Gasteiger partial charge is 0.384 e. The van der Waals surface area contributed by atoms with E-state index in [1.54, 1.807) is 6.08 Å². The number of benzene rings is 2. The standard InChI is InChI=1S/C15H19N5.C8H10.C3H6.C2H5NO.C2H2/c1-3-10(2)13-8-19-14(20-13)9-18-12-6-4-11(5-7-12)15(16)17;1-2-8-6-4-3-5-7-8;1-3-2;1-2(3)4;1-2/h3-8,10,18H,1,9H2,2H3,(H3,16,17)(H,19,20);3-7H,2H2,1H3;3H,1H2,2H3;1H3,(H2,3,4);1-2H. The van der Waals surface area contributed by atoms with Gasteiger partial charge in [0.15, 0.2) is 0 Å². The van der Waals surface area contributed by atoms with E-state index < -0.39 is 0 Å². The number of carbonyl (C=O) groups is 1. The molecular formula is C30H42N6O. The van der Waals surface area contributed by atoms with Crippen LogP contribution in [0.25, 0.3) is 0 Å². The number of nitrogens with zero attached hydrogens (tertiary/aromatic N) is 1. The fourth-order valence-electron chi connectivity index (χ4n) is 2.49. The molecule has 0 aliphatic carbocycles. The highest BCUT2D eigenvalue weighted by molar-refractivity contribution is 5.95. The maximum atomic E-state index is 9.22. The Labute approximate surface area is 222 Å². The van der Waals surface area contributed by atoms with Crippen molar-refractivity contribution in [1.29, 1.82) is 5.41 Å². The van der Waals surface area contributed by atoms with Crippen LogP contribution >= 0.6 is 0 Å². The van der Waals surface area contributed by atoms with Gasteiger partial charge >= 0.3 is 0 Å². The summed E-state index contributed by atoms with van der Waals surface area (Å²) in [4.78, 5) is 16.8. The number of allylic oxidation sites excluding steroid dienone is 2. The summed E-state index contributed by atoms with van der Waals surface area (Å²) in [7, 11) is 0. The number of nitrogens with two attached hydrogens (primary N) is 2. The molecule has 0 radical (unpaired) electrons. The zero-order chi connectivity index (χ0) is 28.6. The van der Waals surface area contributed by atoms with Crippen molar-refractivity contribution in [3.05, 3.63) is 109 Å². The van der Waals surface area contributed by atoms with Gasteiger partial charge in [-0.1, -0.05) is 56.3 Å². The number of amidine groups is 1. The van der Waals surface area contributed by atoms with Crippen molar-refractivity contribution in [1.82, 2.24) is 9.97 Å². The van der Waals surface area contributed by atoms with Crippen molar-refractivity contribution in [2.75, 3.05) is 5.32 Å². The Balaban J connectivity index is 0. The lowest BCUT2D eigenvalue weighted by Gasteiger charge is -2.06. The Kier molecular flexibility index (Phi) is 20.5. The van der Waals surface area contributed by atoms with Crippen molar-refractivity contribution in [3.63, 3.8) is 0 Å². The predicted octanol–water partition coefficient (Wildman–Crippen LogP) is 5.78. The molecule has 1 amide bonds. The number of anilines is 1. The molecule has 1 aromatic heterocycles. The van der Waals surface area contributed by atoms with Crippen LogP contribution in [-0.4, -0.2) is 21.7 Å². The van der Waals surface area contributed by atoms with Crippen LogP contribution in [-0.2, 0) is 17.8 Å². The maximum Gasteiger partial charge on any atom is 0.214 e. The summed E-state index contributed by atoms with van der Waals surface area (Å²) in [6.45, 7) is 15.2. The number of aryl methyl sites for hydroxylation is 1. The van der Waals surface area contributed by atoms with Crippen molar-refractivity contribution in [2.24, 2.45) is 11.5 Å². The second kappa shape index (κ2) is 21.9. The first-order chi connectivity index (χ1) is 17.7. The predicted molar refractivity (Wildman–Crippen MR) is 158 cm³/mol. The van der Waals surface area contributed by atoms with Gasteiger partial charge in [0.05, 0.1) is 6.54 Å². The van der Waals surface area contributed by atoms with Crippen LogP contribution in [0.15, 0.2) is 86.1 Å². The number of primary amides is 1. The van der Waals surface area contributed by atoms with Crippen molar-refractivity contribution >= 4 is 17.4 Å².